The second-order valence-corrected chi connectivity index (χ2v) is 4.71. The minimum absolute atomic E-state index is 0.0148. The fraction of sp³-hybridized carbons (Fsp3) is 0.333. The lowest BCUT2D eigenvalue weighted by Crippen LogP contribution is -2.31. The molecule has 18 heavy (non-hydrogen) atoms. The van der Waals surface area contributed by atoms with Gasteiger partial charge in [-0.3, -0.25) is 0 Å². The zero-order valence-corrected chi connectivity index (χ0v) is 10.3. The standard InChI is InChI=1S/C12H13ClN2O3/c13-8-3-4-9(11(16)17)10(5-8)15-12(18)14-6-7-1-2-7/h3-5,7H,1-2,6H2,(H,16,17)(H2,14,15,18). The number of amides is 2. The predicted octanol–water partition coefficient (Wildman–Crippen LogP) is 2.57. The molecule has 1 aromatic rings. The van der Waals surface area contributed by atoms with E-state index in [4.69, 9.17) is 16.7 Å². The third-order valence-corrected chi connectivity index (χ3v) is 2.94. The van der Waals surface area contributed by atoms with Crippen molar-refractivity contribution in [2.45, 2.75) is 12.8 Å². The molecule has 1 saturated carbocycles. The summed E-state index contributed by atoms with van der Waals surface area (Å²) < 4.78 is 0. The molecule has 0 aliphatic heterocycles. The highest BCUT2D eigenvalue weighted by Crippen LogP contribution is 2.27. The molecule has 0 bridgehead atoms. The van der Waals surface area contributed by atoms with Crippen LogP contribution >= 0.6 is 11.6 Å². The number of nitrogens with one attached hydrogen (secondary N) is 2. The number of halogens is 1. The van der Waals surface area contributed by atoms with Gasteiger partial charge in [0.25, 0.3) is 0 Å². The number of aromatic carboxylic acids is 1. The Balaban J connectivity index is 2.03. The molecule has 1 fully saturated rings. The van der Waals surface area contributed by atoms with Crippen LogP contribution in [0.3, 0.4) is 0 Å². The highest BCUT2D eigenvalue weighted by molar-refractivity contribution is 6.31. The van der Waals surface area contributed by atoms with Gasteiger partial charge in [-0.2, -0.15) is 0 Å². The fourth-order valence-corrected chi connectivity index (χ4v) is 1.70. The zero-order valence-electron chi connectivity index (χ0n) is 9.57. The van der Waals surface area contributed by atoms with Gasteiger partial charge < -0.3 is 15.7 Å². The van der Waals surface area contributed by atoms with Gasteiger partial charge >= 0.3 is 12.0 Å². The molecule has 1 aromatic carbocycles. The van der Waals surface area contributed by atoms with Crippen LogP contribution in [0.2, 0.25) is 5.02 Å². The Bertz CT molecular complexity index is 486. The normalized spacial score (nSPS) is 14.1. The van der Waals surface area contributed by atoms with Gasteiger partial charge in [-0.1, -0.05) is 11.6 Å². The van der Waals surface area contributed by atoms with Crippen molar-refractivity contribution >= 4 is 29.3 Å². The van der Waals surface area contributed by atoms with Gasteiger partial charge in [-0.15, -0.1) is 0 Å². The quantitative estimate of drug-likeness (QED) is 0.785. The largest absolute Gasteiger partial charge is 0.478 e. The average Bonchev–Trinajstić information content (AvgIpc) is 3.09. The van der Waals surface area contributed by atoms with Crippen LogP contribution in [0.5, 0.6) is 0 Å². The summed E-state index contributed by atoms with van der Waals surface area (Å²) in [6.07, 6.45) is 2.27. The second kappa shape index (κ2) is 5.27. The number of benzene rings is 1. The van der Waals surface area contributed by atoms with Gasteiger partial charge in [0.15, 0.2) is 0 Å². The first kappa shape index (κ1) is 12.7. The number of carboxylic acid groups (broad SMARTS) is 1. The number of urea groups is 1. The monoisotopic (exact) mass is 268 g/mol. The van der Waals surface area contributed by atoms with Gasteiger partial charge in [0.05, 0.1) is 11.3 Å². The van der Waals surface area contributed by atoms with Crippen LogP contribution in [0.4, 0.5) is 10.5 Å². The van der Waals surface area contributed by atoms with E-state index in [9.17, 15) is 9.59 Å². The summed E-state index contributed by atoms with van der Waals surface area (Å²) >= 11 is 5.78. The lowest BCUT2D eigenvalue weighted by atomic mass is 10.2. The minimum atomic E-state index is -1.11. The topological polar surface area (TPSA) is 78.4 Å². The molecule has 1 aliphatic carbocycles. The van der Waals surface area contributed by atoms with Crippen molar-refractivity contribution in [2.24, 2.45) is 5.92 Å². The average molecular weight is 269 g/mol. The number of hydrogen-bond donors (Lipinski definition) is 3. The van der Waals surface area contributed by atoms with E-state index in [2.05, 4.69) is 10.6 Å². The number of anilines is 1. The van der Waals surface area contributed by atoms with Crippen molar-refractivity contribution in [3.63, 3.8) is 0 Å². The van der Waals surface area contributed by atoms with Gasteiger partial charge in [0, 0.05) is 11.6 Å². The lowest BCUT2D eigenvalue weighted by Gasteiger charge is -2.10. The molecule has 2 rings (SSSR count). The number of carbonyl (C=O) groups is 2. The molecule has 1 aliphatic rings. The second-order valence-electron chi connectivity index (χ2n) is 4.27. The van der Waals surface area contributed by atoms with E-state index in [-0.39, 0.29) is 11.3 Å². The Morgan fingerprint density at radius 3 is 2.72 bits per heavy atom. The first-order chi connectivity index (χ1) is 8.56. The van der Waals surface area contributed by atoms with E-state index in [1.54, 1.807) is 0 Å². The van der Waals surface area contributed by atoms with E-state index in [1.165, 1.54) is 18.2 Å². The number of rotatable bonds is 4. The van der Waals surface area contributed by atoms with E-state index >= 15 is 0 Å². The maximum absolute atomic E-state index is 11.6. The molecule has 6 heteroatoms. The summed E-state index contributed by atoms with van der Waals surface area (Å²) in [4.78, 5) is 22.5. The number of hydrogen-bond acceptors (Lipinski definition) is 2. The molecule has 96 valence electrons. The van der Waals surface area contributed by atoms with Crippen molar-refractivity contribution in [1.82, 2.24) is 5.32 Å². The SMILES string of the molecule is O=C(NCC1CC1)Nc1cc(Cl)ccc1C(=O)O. The Morgan fingerprint density at radius 1 is 1.39 bits per heavy atom. The van der Waals surface area contributed by atoms with Crippen molar-refractivity contribution in [3.05, 3.63) is 28.8 Å². The Hall–Kier alpha value is -1.75. The van der Waals surface area contributed by atoms with Crippen molar-refractivity contribution < 1.29 is 14.7 Å². The van der Waals surface area contributed by atoms with E-state index in [0.29, 0.717) is 17.5 Å². The molecule has 0 unspecified atom stereocenters. The van der Waals surface area contributed by atoms with Gasteiger partial charge in [-0.05, 0) is 37.0 Å². The number of carboxylic acids is 1. The first-order valence-corrected chi connectivity index (χ1v) is 6.02. The van der Waals surface area contributed by atoms with Crippen LogP contribution < -0.4 is 10.6 Å². The summed E-state index contributed by atoms with van der Waals surface area (Å²) in [7, 11) is 0. The van der Waals surface area contributed by atoms with Crippen LogP contribution in [-0.4, -0.2) is 23.7 Å². The predicted molar refractivity (Wildman–Crippen MR) is 68.2 cm³/mol. The van der Waals surface area contributed by atoms with Crippen molar-refractivity contribution in [2.75, 3.05) is 11.9 Å². The molecule has 0 heterocycles. The highest BCUT2D eigenvalue weighted by atomic mass is 35.5. The molecule has 2 amide bonds. The van der Waals surface area contributed by atoms with Crippen LogP contribution in [0.1, 0.15) is 23.2 Å². The maximum Gasteiger partial charge on any atom is 0.337 e. The third kappa shape index (κ3) is 3.37. The Labute approximate surface area is 109 Å². The highest BCUT2D eigenvalue weighted by Gasteiger charge is 2.22. The van der Waals surface area contributed by atoms with E-state index in [0.717, 1.165) is 12.8 Å². The molecule has 0 saturated heterocycles. The third-order valence-electron chi connectivity index (χ3n) is 2.71. The van der Waals surface area contributed by atoms with E-state index < -0.39 is 12.0 Å². The Kier molecular flexibility index (Phi) is 3.72. The first-order valence-electron chi connectivity index (χ1n) is 5.64. The lowest BCUT2D eigenvalue weighted by molar-refractivity contribution is 0.0698. The summed E-state index contributed by atoms with van der Waals surface area (Å²) in [5.74, 6) is -0.543. The van der Waals surface area contributed by atoms with Crippen molar-refractivity contribution in [1.29, 1.82) is 0 Å². The van der Waals surface area contributed by atoms with Crippen LogP contribution in [0.25, 0.3) is 0 Å². The van der Waals surface area contributed by atoms with Crippen LogP contribution in [0.15, 0.2) is 18.2 Å². The van der Waals surface area contributed by atoms with Gasteiger partial charge in [0.2, 0.25) is 0 Å². The van der Waals surface area contributed by atoms with Crippen LogP contribution in [-0.2, 0) is 0 Å². The summed E-state index contributed by atoms with van der Waals surface area (Å²) in [6.45, 7) is 0.620. The van der Waals surface area contributed by atoms with Crippen molar-refractivity contribution in [3.8, 4) is 0 Å². The van der Waals surface area contributed by atoms with E-state index in [1.807, 2.05) is 0 Å². The molecule has 0 spiro atoms. The van der Waals surface area contributed by atoms with Crippen LogP contribution in [0, 0.1) is 5.92 Å². The molecular weight excluding hydrogens is 256 g/mol. The smallest absolute Gasteiger partial charge is 0.337 e. The summed E-state index contributed by atoms with van der Waals surface area (Å²) in [6, 6.07) is 3.84. The zero-order chi connectivity index (χ0) is 13.1. The molecule has 0 aromatic heterocycles. The summed E-state index contributed by atoms with van der Waals surface area (Å²) in [5.41, 5.74) is 0.212. The molecule has 5 nitrogen and oxygen atoms in total. The minimum Gasteiger partial charge on any atom is -0.478 e. The molecular formula is C12H13ClN2O3. The Morgan fingerprint density at radius 2 is 2.11 bits per heavy atom. The van der Waals surface area contributed by atoms with Gasteiger partial charge in [0.1, 0.15) is 0 Å². The fourth-order valence-electron chi connectivity index (χ4n) is 1.53. The maximum atomic E-state index is 11.6. The molecule has 3 N–H and O–H groups in total. The number of carbonyl (C=O) groups excluding carboxylic acids is 1. The molecule has 0 atom stereocenters. The molecule has 0 radical (unpaired) electrons. The van der Waals surface area contributed by atoms with Gasteiger partial charge in [-0.25, -0.2) is 9.59 Å². The summed E-state index contributed by atoms with van der Waals surface area (Å²) in [5, 5.41) is 14.5.